The molecule has 49 heavy (non-hydrogen) atoms. The number of hydrogen-bond acceptors (Lipinski definition) is 8. The Morgan fingerprint density at radius 3 is 2.49 bits per heavy atom. The molecule has 1 amide bonds. The van der Waals surface area contributed by atoms with Crippen LogP contribution in [0.4, 0.5) is 29.3 Å². The number of ketones is 1. The average Bonchev–Trinajstić information content (AvgIpc) is 3.03. The zero-order chi connectivity index (χ0) is 35.3. The number of halogens is 4. The quantitative estimate of drug-likeness (QED) is 0.135. The summed E-state index contributed by atoms with van der Waals surface area (Å²) in [5, 5.41) is 3.30. The van der Waals surface area contributed by atoms with Gasteiger partial charge in [-0.2, -0.15) is 13.2 Å². The number of Topliss-reactive ketones (excluding diaryl/α,β-unsaturated/α-hetero) is 1. The second-order valence-corrected chi connectivity index (χ2v) is 14.0. The lowest BCUT2D eigenvalue weighted by atomic mass is 9.86. The molecule has 3 heterocycles. The largest absolute Gasteiger partial charge is 0.460 e. The van der Waals surface area contributed by atoms with Crippen molar-refractivity contribution in [2.45, 2.75) is 58.4 Å². The van der Waals surface area contributed by atoms with Crippen molar-refractivity contribution in [3.63, 3.8) is 0 Å². The van der Waals surface area contributed by atoms with Crippen molar-refractivity contribution in [2.75, 3.05) is 23.3 Å². The number of nitrogens with zero attached hydrogens (tertiary/aromatic N) is 3. The molecule has 1 aliphatic heterocycles. The predicted molar refractivity (Wildman–Crippen MR) is 182 cm³/mol. The van der Waals surface area contributed by atoms with Gasteiger partial charge in [0.05, 0.1) is 23.5 Å². The Kier molecular flexibility index (Phi) is 10.9. The molecule has 0 radical (unpaired) electrons. The molecule has 2 atom stereocenters. The van der Waals surface area contributed by atoms with E-state index in [1.807, 2.05) is 30.3 Å². The number of fused-ring (bicyclic) bond motifs is 1. The van der Waals surface area contributed by atoms with Gasteiger partial charge in [0.1, 0.15) is 17.9 Å². The van der Waals surface area contributed by atoms with Gasteiger partial charge in [0.15, 0.2) is 5.78 Å². The fraction of sp³-hybridized carbons (Fsp3) is 0.361. The molecule has 0 aliphatic carbocycles. The lowest BCUT2D eigenvalue weighted by Gasteiger charge is -2.40. The van der Waals surface area contributed by atoms with E-state index in [1.54, 1.807) is 56.0 Å². The van der Waals surface area contributed by atoms with E-state index in [4.69, 9.17) is 9.47 Å². The van der Waals surface area contributed by atoms with Gasteiger partial charge in [0, 0.05) is 53.0 Å². The minimum Gasteiger partial charge on any atom is -0.460 e. The summed E-state index contributed by atoms with van der Waals surface area (Å²) in [7, 11) is 0. The molecule has 5 rings (SSSR count). The Labute approximate surface area is 290 Å². The molecular formula is C36H36BrF3N4O5. The van der Waals surface area contributed by atoms with Crippen molar-refractivity contribution in [1.29, 1.82) is 0 Å². The first-order chi connectivity index (χ1) is 23.1. The first-order valence-electron chi connectivity index (χ1n) is 15.7. The lowest BCUT2D eigenvalue weighted by molar-refractivity contribution is -0.181. The lowest BCUT2D eigenvalue weighted by Crippen LogP contribution is -2.47. The van der Waals surface area contributed by atoms with Gasteiger partial charge in [-0.1, -0.05) is 52.3 Å². The summed E-state index contributed by atoms with van der Waals surface area (Å²) in [6.45, 7) is 4.92. The maximum atomic E-state index is 14.1. The Morgan fingerprint density at radius 2 is 1.78 bits per heavy atom. The molecule has 2 aromatic carbocycles. The first kappa shape index (κ1) is 35.8. The predicted octanol–water partition coefficient (Wildman–Crippen LogP) is 8.30. The van der Waals surface area contributed by atoms with Crippen LogP contribution < -0.4 is 10.2 Å². The maximum absolute atomic E-state index is 14.1. The topological polar surface area (TPSA) is 111 Å². The Hall–Kier alpha value is -4.52. The Balaban J connectivity index is 1.41. The fourth-order valence-electron chi connectivity index (χ4n) is 5.84. The SMILES string of the molecule is CC(C)(C)OC(=O)C[C@H]1C[C@@H](C(F)(F)F)CN(c2ccncc2CC(=O)c2nc3cc(Br)ccc3cc2NC(=O)OCc2ccccc2)C1. The summed E-state index contributed by atoms with van der Waals surface area (Å²) in [4.78, 5) is 49.7. The summed E-state index contributed by atoms with van der Waals surface area (Å²) in [5.74, 6) is -3.39. The van der Waals surface area contributed by atoms with Gasteiger partial charge < -0.3 is 14.4 Å². The number of carbonyl (C=O) groups is 3. The Morgan fingerprint density at radius 1 is 1.02 bits per heavy atom. The second-order valence-electron chi connectivity index (χ2n) is 13.0. The number of anilines is 2. The third-order valence-electron chi connectivity index (χ3n) is 7.94. The molecule has 258 valence electrons. The molecule has 0 bridgehead atoms. The number of esters is 1. The number of amides is 1. The second kappa shape index (κ2) is 14.9. The molecular weight excluding hydrogens is 705 g/mol. The number of ether oxygens (including phenoxy) is 2. The van der Waals surface area contributed by atoms with Crippen molar-refractivity contribution >= 4 is 56.1 Å². The van der Waals surface area contributed by atoms with Crippen molar-refractivity contribution in [3.8, 4) is 0 Å². The van der Waals surface area contributed by atoms with Gasteiger partial charge in [0.25, 0.3) is 0 Å². The van der Waals surface area contributed by atoms with Gasteiger partial charge in [-0.15, -0.1) is 0 Å². The minimum absolute atomic E-state index is 0.00658. The van der Waals surface area contributed by atoms with Crippen LogP contribution in [0.1, 0.15) is 55.2 Å². The molecule has 1 N–H and O–H groups in total. The van der Waals surface area contributed by atoms with Crippen LogP contribution in [0.15, 0.2) is 77.5 Å². The summed E-state index contributed by atoms with van der Waals surface area (Å²) >= 11 is 3.42. The number of alkyl halides is 3. The van der Waals surface area contributed by atoms with Crippen molar-refractivity contribution < 1.29 is 37.0 Å². The van der Waals surface area contributed by atoms with Gasteiger partial charge in [-0.25, -0.2) is 9.78 Å². The first-order valence-corrected chi connectivity index (χ1v) is 16.5. The van der Waals surface area contributed by atoms with Gasteiger partial charge in [-0.3, -0.25) is 19.9 Å². The molecule has 0 saturated carbocycles. The summed E-state index contributed by atoms with van der Waals surface area (Å²) in [6.07, 6.45) is -3.06. The van der Waals surface area contributed by atoms with E-state index < -0.39 is 41.5 Å². The number of carbonyl (C=O) groups excluding carboxylic acids is 3. The minimum atomic E-state index is -4.49. The third kappa shape index (κ3) is 9.78. The Bertz CT molecular complexity index is 1830. The van der Waals surface area contributed by atoms with E-state index in [-0.39, 0.29) is 50.3 Å². The highest BCUT2D eigenvalue weighted by molar-refractivity contribution is 9.10. The summed E-state index contributed by atoms with van der Waals surface area (Å²) in [6, 6.07) is 17.6. The van der Waals surface area contributed by atoms with E-state index in [0.29, 0.717) is 22.2 Å². The average molecular weight is 742 g/mol. The van der Waals surface area contributed by atoms with Crippen LogP contribution in [0.5, 0.6) is 0 Å². The molecule has 0 spiro atoms. The van der Waals surface area contributed by atoms with E-state index in [1.165, 1.54) is 12.4 Å². The van der Waals surface area contributed by atoms with Crippen LogP contribution >= 0.6 is 15.9 Å². The molecule has 1 aliphatic rings. The molecule has 13 heteroatoms. The maximum Gasteiger partial charge on any atom is 0.412 e. The van der Waals surface area contributed by atoms with E-state index in [9.17, 15) is 27.6 Å². The number of pyridine rings is 2. The fourth-order valence-corrected chi connectivity index (χ4v) is 6.19. The monoisotopic (exact) mass is 740 g/mol. The van der Waals surface area contributed by atoms with Crippen LogP contribution in [-0.2, 0) is 27.3 Å². The number of hydrogen-bond donors (Lipinski definition) is 1. The highest BCUT2D eigenvalue weighted by Crippen LogP contribution is 2.39. The highest BCUT2D eigenvalue weighted by Gasteiger charge is 2.45. The van der Waals surface area contributed by atoms with E-state index >= 15 is 0 Å². The van der Waals surface area contributed by atoms with E-state index in [0.717, 1.165) is 10.0 Å². The number of piperidine rings is 1. The van der Waals surface area contributed by atoms with Crippen molar-refractivity contribution in [3.05, 3.63) is 94.4 Å². The summed E-state index contributed by atoms with van der Waals surface area (Å²) < 4.78 is 53.9. The van der Waals surface area contributed by atoms with Crippen LogP contribution in [0.2, 0.25) is 0 Å². The smallest absolute Gasteiger partial charge is 0.412 e. The number of rotatable bonds is 9. The van der Waals surface area contributed by atoms with Crippen LogP contribution in [0.3, 0.4) is 0 Å². The molecule has 1 saturated heterocycles. The number of aromatic nitrogens is 2. The highest BCUT2D eigenvalue weighted by atomic mass is 79.9. The molecule has 4 aromatic rings. The molecule has 0 unspecified atom stereocenters. The molecule has 9 nitrogen and oxygen atoms in total. The van der Waals surface area contributed by atoms with Gasteiger partial charge in [0.2, 0.25) is 0 Å². The standard InChI is InChI=1S/C36H36BrF3N4O5/c1-35(2,3)49-32(46)14-23-13-26(36(38,39)40)20-44(19-23)30-11-12-41-18-25(30)16-31(45)33-29(15-24-9-10-27(37)17-28(24)42-33)43-34(47)48-21-22-7-5-4-6-8-22/h4-12,15,17-18,23,26H,13-14,16,19-21H2,1-3H3,(H,43,47)/t23-,26-/m1/s1. The summed E-state index contributed by atoms with van der Waals surface area (Å²) in [5.41, 5.74) is 1.33. The van der Waals surface area contributed by atoms with Crippen LogP contribution in [0, 0.1) is 11.8 Å². The van der Waals surface area contributed by atoms with Crippen LogP contribution in [0.25, 0.3) is 10.9 Å². The van der Waals surface area contributed by atoms with Crippen LogP contribution in [-0.4, -0.2) is 52.7 Å². The molecule has 1 fully saturated rings. The van der Waals surface area contributed by atoms with Crippen molar-refractivity contribution in [1.82, 2.24) is 9.97 Å². The number of benzene rings is 2. The van der Waals surface area contributed by atoms with E-state index in [2.05, 4.69) is 31.2 Å². The molecule has 2 aromatic heterocycles. The number of nitrogens with one attached hydrogen (secondary N) is 1. The van der Waals surface area contributed by atoms with Gasteiger partial charge in [-0.05, 0) is 62.9 Å². The normalized spacial score (nSPS) is 16.7. The zero-order valence-corrected chi connectivity index (χ0v) is 28.8. The third-order valence-corrected chi connectivity index (χ3v) is 8.43. The van der Waals surface area contributed by atoms with Gasteiger partial charge >= 0.3 is 18.2 Å². The zero-order valence-electron chi connectivity index (χ0n) is 27.2. The van der Waals surface area contributed by atoms with Crippen molar-refractivity contribution in [2.24, 2.45) is 11.8 Å².